The van der Waals surface area contributed by atoms with Gasteiger partial charge in [-0.05, 0) is 13.3 Å². The summed E-state index contributed by atoms with van der Waals surface area (Å²) in [5.41, 5.74) is 0. The van der Waals surface area contributed by atoms with Gasteiger partial charge >= 0.3 is 0 Å². The predicted octanol–water partition coefficient (Wildman–Crippen LogP) is 2.69. The molecule has 0 spiro atoms. The number of hydrogen-bond donors (Lipinski definition) is 1. The molecule has 1 N–H and O–H groups in total. The van der Waals surface area contributed by atoms with E-state index in [1.807, 2.05) is 12.4 Å². The van der Waals surface area contributed by atoms with Crippen molar-refractivity contribution in [2.24, 2.45) is 0 Å². The van der Waals surface area contributed by atoms with E-state index in [-0.39, 0.29) is 0 Å². The molecule has 1 heterocycles. The van der Waals surface area contributed by atoms with Crippen LogP contribution in [0.4, 0.5) is 5.95 Å². The molecular formula is C12H23N3O. The van der Waals surface area contributed by atoms with Crippen LogP contribution in [-0.4, -0.2) is 29.8 Å². The third-order valence-electron chi connectivity index (χ3n) is 2.61. The van der Waals surface area contributed by atoms with Gasteiger partial charge in [-0.15, -0.1) is 0 Å². The Morgan fingerprint density at radius 1 is 1.50 bits per heavy atom. The van der Waals surface area contributed by atoms with Gasteiger partial charge in [0.05, 0.1) is 12.6 Å². The molecule has 0 fully saturated rings. The molecule has 0 aliphatic heterocycles. The van der Waals surface area contributed by atoms with Gasteiger partial charge in [0.15, 0.2) is 0 Å². The molecule has 0 aromatic carbocycles. The van der Waals surface area contributed by atoms with Crippen molar-refractivity contribution in [1.29, 1.82) is 0 Å². The molecule has 1 aromatic rings. The monoisotopic (exact) mass is 225 g/mol. The van der Waals surface area contributed by atoms with Crippen molar-refractivity contribution in [1.82, 2.24) is 9.55 Å². The summed E-state index contributed by atoms with van der Waals surface area (Å²) in [4.78, 5) is 4.31. The Hall–Kier alpha value is -1.03. The normalized spacial score (nSPS) is 12.7. The van der Waals surface area contributed by atoms with Crippen LogP contribution in [0.2, 0.25) is 0 Å². The second-order valence-corrected chi connectivity index (χ2v) is 4.10. The zero-order valence-electron chi connectivity index (χ0n) is 10.6. The average Bonchev–Trinajstić information content (AvgIpc) is 2.73. The van der Waals surface area contributed by atoms with E-state index in [1.54, 1.807) is 7.11 Å². The highest BCUT2D eigenvalue weighted by Crippen LogP contribution is 2.13. The molecule has 1 unspecified atom stereocenters. The smallest absolute Gasteiger partial charge is 0.203 e. The molecule has 0 saturated heterocycles. The molecular weight excluding hydrogens is 202 g/mol. The van der Waals surface area contributed by atoms with Crippen LogP contribution in [0.1, 0.15) is 39.2 Å². The van der Waals surface area contributed by atoms with Gasteiger partial charge in [-0.1, -0.05) is 19.8 Å². The minimum Gasteiger partial charge on any atom is -0.383 e. The fourth-order valence-corrected chi connectivity index (χ4v) is 1.70. The SMILES string of the molecule is CCCCCNc1nccn1C(C)COC. The summed E-state index contributed by atoms with van der Waals surface area (Å²) in [7, 11) is 1.72. The standard InChI is InChI=1S/C12H23N3O/c1-4-5-6-7-13-12-14-8-9-15(12)11(2)10-16-3/h8-9,11H,4-7,10H2,1-3H3,(H,13,14). The molecule has 0 saturated carbocycles. The Balaban J connectivity index is 2.43. The van der Waals surface area contributed by atoms with Gasteiger partial charge in [-0.3, -0.25) is 0 Å². The fourth-order valence-electron chi connectivity index (χ4n) is 1.70. The second kappa shape index (κ2) is 7.28. The van der Waals surface area contributed by atoms with Crippen molar-refractivity contribution in [2.45, 2.75) is 39.2 Å². The van der Waals surface area contributed by atoms with E-state index < -0.39 is 0 Å². The number of nitrogens with one attached hydrogen (secondary N) is 1. The lowest BCUT2D eigenvalue weighted by molar-refractivity contribution is 0.163. The number of hydrogen-bond acceptors (Lipinski definition) is 3. The van der Waals surface area contributed by atoms with Crippen LogP contribution in [0.15, 0.2) is 12.4 Å². The molecule has 0 aliphatic carbocycles. The third kappa shape index (κ3) is 3.85. The zero-order valence-corrected chi connectivity index (χ0v) is 10.6. The summed E-state index contributed by atoms with van der Waals surface area (Å²) in [6.45, 7) is 6.04. The van der Waals surface area contributed by atoms with E-state index in [0.29, 0.717) is 12.6 Å². The molecule has 1 aromatic heterocycles. The largest absolute Gasteiger partial charge is 0.383 e. The average molecular weight is 225 g/mol. The number of rotatable bonds is 8. The molecule has 16 heavy (non-hydrogen) atoms. The number of anilines is 1. The summed E-state index contributed by atoms with van der Waals surface area (Å²) in [6, 6.07) is 0.321. The number of ether oxygens (including phenoxy) is 1. The summed E-state index contributed by atoms with van der Waals surface area (Å²) in [5, 5.41) is 3.36. The number of unbranched alkanes of at least 4 members (excludes halogenated alkanes) is 2. The zero-order chi connectivity index (χ0) is 11.8. The quantitative estimate of drug-likeness (QED) is 0.691. The van der Waals surface area contributed by atoms with E-state index in [2.05, 4.69) is 28.7 Å². The highest BCUT2D eigenvalue weighted by molar-refractivity contribution is 5.26. The molecule has 1 rings (SSSR count). The van der Waals surface area contributed by atoms with Gasteiger partial charge in [-0.25, -0.2) is 4.98 Å². The van der Waals surface area contributed by atoms with Crippen LogP contribution in [-0.2, 0) is 4.74 Å². The van der Waals surface area contributed by atoms with Crippen LogP contribution in [0.25, 0.3) is 0 Å². The first-order valence-corrected chi connectivity index (χ1v) is 6.05. The maximum Gasteiger partial charge on any atom is 0.203 e. The Morgan fingerprint density at radius 3 is 3.00 bits per heavy atom. The number of methoxy groups -OCH3 is 1. The molecule has 0 bridgehead atoms. The number of imidazole rings is 1. The van der Waals surface area contributed by atoms with Crippen molar-refractivity contribution < 1.29 is 4.74 Å². The topological polar surface area (TPSA) is 39.1 Å². The second-order valence-electron chi connectivity index (χ2n) is 4.10. The van der Waals surface area contributed by atoms with Crippen molar-refractivity contribution in [3.8, 4) is 0 Å². The highest BCUT2D eigenvalue weighted by Gasteiger charge is 2.08. The lowest BCUT2D eigenvalue weighted by atomic mass is 10.2. The van der Waals surface area contributed by atoms with Crippen LogP contribution < -0.4 is 5.32 Å². The first kappa shape index (κ1) is 13.0. The molecule has 4 heteroatoms. The first-order chi connectivity index (χ1) is 7.79. The number of aromatic nitrogens is 2. The van der Waals surface area contributed by atoms with Gasteiger partial charge < -0.3 is 14.6 Å². The molecule has 92 valence electrons. The van der Waals surface area contributed by atoms with E-state index in [4.69, 9.17) is 4.74 Å². The minimum atomic E-state index is 0.321. The van der Waals surface area contributed by atoms with E-state index >= 15 is 0 Å². The lowest BCUT2D eigenvalue weighted by Crippen LogP contribution is -2.15. The van der Waals surface area contributed by atoms with Crippen molar-refractivity contribution >= 4 is 5.95 Å². The lowest BCUT2D eigenvalue weighted by Gasteiger charge is -2.16. The highest BCUT2D eigenvalue weighted by atomic mass is 16.5. The van der Waals surface area contributed by atoms with Crippen LogP contribution in [0, 0.1) is 0 Å². The Kier molecular flexibility index (Phi) is 5.93. The van der Waals surface area contributed by atoms with Gasteiger partial charge in [0.25, 0.3) is 0 Å². The summed E-state index contributed by atoms with van der Waals surface area (Å²) in [5.74, 6) is 0.945. The molecule has 0 radical (unpaired) electrons. The fraction of sp³-hybridized carbons (Fsp3) is 0.750. The van der Waals surface area contributed by atoms with E-state index in [0.717, 1.165) is 12.5 Å². The van der Waals surface area contributed by atoms with E-state index in [1.165, 1.54) is 19.3 Å². The molecule has 1 atom stereocenters. The minimum absolute atomic E-state index is 0.321. The summed E-state index contributed by atoms with van der Waals surface area (Å²) in [6.07, 6.45) is 7.53. The Bertz CT molecular complexity index is 286. The molecule has 4 nitrogen and oxygen atoms in total. The van der Waals surface area contributed by atoms with Crippen LogP contribution >= 0.6 is 0 Å². The van der Waals surface area contributed by atoms with Crippen LogP contribution in [0.5, 0.6) is 0 Å². The first-order valence-electron chi connectivity index (χ1n) is 6.05. The maximum absolute atomic E-state index is 5.15. The molecule has 0 amide bonds. The van der Waals surface area contributed by atoms with Gasteiger partial charge in [-0.2, -0.15) is 0 Å². The van der Waals surface area contributed by atoms with Gasteiger partial charge in [0.2, 0.25) is 5.95 Å². The Morgan fingerprint density at radius 2 is 2.31 bits per heavy atom. The van der Waals surface area contributed by atoms with Gasteiger partial charge in [0.1, 0.15) is 0 Å². The van der Waals surface area contributed by atoms with Crippen molar-refractivity contribution in [3.05, 3.63) is 12.4 Å². The van der Waals surface area contributed by atoms with Crippen LogP contribution in [0.3, 0.4) is 0 Å². The van der Waals surface area contributed by atoms with Crippen molar-refractivity contribution in [3.63, 3.8) is 0 Å². The number of nitrogens with zero attached hydrogens (tertiary/aromatic N) is 2. The van der Waals surface area contributed by atoms with E-state index in [9.17, 15) is 0 Å². The maximum atomic E-state index is 5.15. The van der Waals surface area contributed by atoms with Crippen molar-refractivity contribution in [2.75, 3.05) is 25.6 Å². The third-order valence-corrected chi connectivity index (χ3v) is 2.61. The molecule has 0 aliphatic rings. The Labute approximate surface area is 98.0 Å². The predicted molar refractivity (Wildman–Crippen MR) is 66.8 cm³/mol. The summed E-state index contributed by atoms with van der Waals surface area (Å²) >= 11 is 0. The summed E-state index contributed by atoms with van der Waals surface area (Å²) < 4.78 is 7.27. The van der Waals surface area contributed by atoms with Gasteiger partial charge in [0, 0.05) is 26.0 Å².